The third-order valence-corrected chi connectivity index (χ3v) is 2.43. The number of hydrogen-bond donors (Lipinski definition) is 2. The van der Waals surface area contributed by atoms with Crippen LogP contribution < -0.4 is 29.6 Å². The summed E-state index contributed by atoms with van der Waals surface area (Å²) in [7, 11) is -4.45. The Morgan fingerprint density at radius 1 is 1.38 bits per heavy atom. The maximum Gasteiger partial charge on any atom is 1.00 e. The Labute approximate surface area is 103 Å². The van der Waals surface area contributed by atoms with Gasteiger partial charge in [-0.25, -0.2) is 8.42 Å². The summed E-state index contributed by atoms with van der Waals surface area (Å²) in [6, 6.07) is 3.13. The zero-order valence-corrected chi connectivity index (χ0v) is 10.5. The van der Waals surface area contributed by atoms with Crippen molar-refractivity contribution < 1.29 is 47.6 Å². The quantitative estimate of drug-likeness (QED) is 0.319. The van der Waals surface area contributed by atoms with Crippen LogP contribution in [0.2, 0.25) is 0 Å². The van der Waals surface area contributed by atoms with Crippen molar-refractivity contribution in [1.29, 1.82) is 0 Å². The van der Waals surface area contributed by atoms with Crippen LogP contribution in [0.5, 0.6) is 5.75 Å². The molecule has 1 aromatic carbocycles. The summed E-state index contributed by atoms with van der Waals surface area (Å²) in [6.07, 6.45) is 0. The first-order valence-corrected chi connectivity index (χ1v) is 4.74. The fourth-order valence-electron chi connectivity index (χ4n) is 0.659. The first-order valence-electron chi connectivity index (χ1n) is 2.89. The molecule has 0 amide bonds. The van der Waals surface area contributed by atoms with Gasteiger partial charge in [0.2, 0.25) is 0 Å². The number of hydrogen-bond acceptors (Lipinski definition) is 5. The molecule has 0 aliphatic carbocycles. The van der Waals surface area contributed by atoms with E-state index in [4.69, 9.17) is 5.11 Å². The minimum Gasteiger partial charge on any atom is -0.744 e. The van der Waals surface area contributed by atoms with Crippen molar-refractivity contribution in [2.45, 2.75) is 9.79 Å². The molecule has 1 N–H and O–H groups in total. The molecular weight excluding hydrogens is 223 g/mol. The van der Waals surface area contributed by atoms with Crippen LogP contribution >= 0.6 is 12.6 Å². The van der Waals surface area contributed by atoms with Gasteiger partial charge in [-0.1, -0.05) is 0 Å². The monoisotopic (exact) mass is 228 g/mol. The molecule has 0 bridgehead atoms. The van der Waals surface area contributed by atoms with Gasteiger partial charge < -0.3 is 9.66 Å². The van der Waals surface area contributed by atoms with E-state index in [0.717, 1.165) is 18.2 Å². The van der Waals surface area contributed by atoms with Gasteiger partial charge in [0.15, 0.2) is 0 Å². The maximum absolute atomic E-state index is 10.4. The molecule has 0 spiro atoms. The van der Waals surface area contributed by atoms with Gasteiger partial charge >= 0.3 is 29.6 Å². The Morgan fingerprint density at radius 3 is 2.31 bits per heavy atom. The van der Waals surface area contributed by atoms with Crippen LogP contribution in [0.3, 0.4) is 0 Å². The van der Waals surface area contributed by atoms with E-state index in [0.29, 0.717) is 0 Å². The largest absolute Gasteiger partial charge is 1.00 e. The van der Waals surface area contributed by atoms with Crippen molar-refractivity contribution in [3.8, 4) is 5.75 Å². The summed E-state index contributed by atoms with van der Waals surface area (Å²) < 4.78 is 31.3. The summed E-state index contributed by atoms with van der Waals surface area (Å²) in [5.41, 5.74) is 0. The topological polar surface area (TPSA) is 77.4 Å². The molecule has 4 nitrogen and oxygen atoms in total. The van der Waals surface area contributed by atoms with Crippen molar-refractivity contribution in [3.63, 3.8) is 0 Å². The fraction of sp³-hybridized carbons (Fsp3) is 0. The van der Waals surface area contributed by atoms with Crippen LogP contribution in [0.15, 0.2) is 28.0 Å². The second-order valence-electron chi connectivity index (χ2n) is 2.10. The van der Waals surface area contributed by atoms with Gasteiger partial charge in [-0.05, 0) is 18.2 Å². The summed E-state index contributed by atoms with van der Waals surface area (Å²) in [6.45, 7) is 0. The van der Waals surface area contributed by atoms with Crippen molar-refractivity contribution >= 4 is 22.7 Å². The van der Waals surface area contributed by atoms with E-state index in [2.05, 4.69) is 12.6 Å². The summed E-state index contributed by atoms with van der Waals surface area (Å²) in [5.74, 6) is -0.161. The zero-order chi connectivity index (χ0) is 9.35. The van der Waals surface area contributed by atoms with Crippen LogP contribution in [0, 0.1) is 0 Å². The average molecular weight is 228 g/mol. The number of benzene rings is 1. The van der Waals surface area contributed by atoms with E-state index >= 15 is 0 Å². The molecule has 7 heteroatoms. The predicted molar refractivity (Wildman–Crippen MR) is 43.3 cm³/mol. The summed E-state index contributed by atoms with van der Waals surface area (Å²) >= 11 is 3.75. The van der Waals surface area contributed by atoms with E-state index in [9.17, 15) is 13.0 Å². The van der Waals surface area contributed by atoms with E-state index < -0.39 is 15.0 Å². The predicted octanol–water partition coefficient (Wildman–Crippen LogP) is -2.41. The molecule has 0 aliphatic rings. The summed E-state index contributed by atoms with van der Waals surface area (Å²) in [5, 5.41) is 8.94. The molecule has 0 heterocycles. The third kappa shape index (κ3) is 3.49. The normalized spacial score (nSPS) is 10.6. The van der Waals surface area contributed by atoms with Crippen LogP contribution in [-0.4, -0.2) is 18.1 Å². The van der Waals surface area contributed by atoms with Gasteiger partial charge in [0.1, 0.15) is 15.9 Å². The third-order valence-electron chi connectivity index (χ3n) is 1.24. The molecule has 0 atom stereocenters. The van der Waals surface area contributed by atoms with Crippen LogP contribution in [-0.2, 0) is 10.1 Å². The SMILES string of the molecule is O=S(=O)([O-])c1ccc(O)c(S)c1.[Na+]. The summed E-state index contributed by atoms with van der Waals surface area (Å²) in [4.78, 5) is -0.336. The van der Waals surface area contributed by atoms with E-state index in [-0.39, 0.29) is 40.2 Å². The smallest absolute Gasteiger partial charge is 0.744 e. The van der Waals surface area contributed by atoms with Gasteiger partial charge in [-0.2, -0.15) is 0 Å². The number of rotatable bonds is 1. The van der Waals surface area contributed by atoms with Gasteiger partial charge in [0.05, 0.1) is 4.90 Å². The minimum absolute atomic E-state index is 0. The maximum atomic E-state index is 10.4. The Kier molecular flexibility index (Phi) is 4.78. The van der Waals surface area contributed by atoms with Crippen molar-refractivity contribution in [2.75, 3.05) is 0 Å². The molecule has 0 aliphatic heterocycles. The fourth-order valence-corrected chi connectivity index (χ4v) is 1.46. The molecule has 1 aromatic rings. The molecule has 0 fully saturated rings. The number of thiol groups is 1. The van der Waals surface area contributed by atoms with Gasteiger partial charge in [-0.15, -0.1) is 12.6 Å². The Balaban J connectivity index is 0.00000144. The molecule has 0 unspecified atom stereocenters. The van der Waals surface area contributed by atoms with Crippen molar-refractivity contribution in [3.05, 3.63) is 18.2 Å². The molecule has 0 aromatic heterocycles. The molecule has 0 saturated heterocycles. The molecule has 13 heavy (non-hydrogen) atoms. The molecular formula is C6H5NaO4S2. The van der Waals surface area contributed by atoms with Gasteiger partial charge in [0.25, 0.3) is 0 Å². The first kappa shape index (κ1) is 13.3. The van der Waals surface area contributed by atoms with Crippen molar-refractivity contribution in [1.82, 2.24) is 0 Å². The number of phenolic OH excluding ortho intramolecular Hbond substituents is 1. The Hall–Kier alpha value is 0.280. The number of phenols is 1. The second kappa shape index (κ2) is 4.68. The van der Waals surface area contributed by atoms with Gasteiger partial charge in [0, 0.05) is 4.90 Å². The van der Waals surface area contributed by atoms with E-state index in [1.807, 2.05) is 0 Å². The molecule has 0 saturated carbocycles. The average Bonchev–Trinajstić information content (AvgIpc) is 1.92. The Morgan fingerprint density at radius 2 is 1.92 bits per heavy atom. The van der Waals surface area contributed by atoms with Crippen LogP contribution in [0.25, 0.3) is 0 Å². The molecule has 66 valence electrons. The van der Waals surface area contributed by atoms with Crippen LogP contribution in [0.4, 0.5) is 0 Å². The van der Waals surface area contributed by atoms with Crippen LogP contribution in [0.1, 0.15) is 0 Å². The van der Waals surface area contributed by atoms with E-state index in [1.165, 1.54) is 0 Å². The number of aromatic hydroxyl groups is 1. The second-order valence-corrected chi connectivity index (χ2v) is 3.97. The molecule has 1 rings (SSSR count). The van der Waals surface area contributed by atoms with Gasteiger partial charge in [-0.3, -0.25) is 0 Å². The zero-order valence-electron chi connectivity index (χ0n) is 6.76. The van der Waals surface area contributed by atoms with Crippen molar-refractivity contribution in [2.24, 2.45) is 0 Å². The van der Waals surface area contributed by atoms with E-state index in [1.54, 1.807) is 0 Å². The molecule has 0 radical (unpaired) electrons. The minimum atomic E-state index is -4.45. The first-order chi connectivity index (χ1) is 5.41. The Bertz CT molecular complexity index is 401. The standard InChI is InChI=1S/C6H6O4S2.Na/c7-5-2-1-4(3-6(5)11)12(8,9)10;/h1-3,7,11H,(H,8,9,10);/q;+1/p-1.